The number of hydrogen-bond donors (Lipinski definition) is 0. The summed E-state index contributed by atoms with van der Waals surface area (Å²) in [7, 11) is -3.53. The largest absolute Gasteiger partial charge is 0.223 e. The van der Waals surface area contributed by atoms with Gasteiger partial charge in [-0.05, 0) is 30.2 Å². The molecule has 2 nitrogen and oxygen atoms in total. The Balaban J connectivity index is 2.05. The minimum absolute atomic E-state index is 0.338. The van der Waals surface area contributed by atoms with E-state index in [1.54, 1.807) is 18.2 Å². The Bertz CT molecular complexity index is 942. The van der Waals surface area contributed by atoms with Crippen LogP contribution < -0.4 is 0 Å². The summed E-state index contributed by atoms with van der Waals surface area (Å²) in [6.45, 7) is 1.94. The minimum atomic E-state index is -3.53. The zero-order valence-electron chi connectivity index (χ0n) is 14.0. The van der Waals surface area contributed by atoms with E-state index >= 15 is 0 Å². The first kappa shape index (κ1) is 17.2. The van der Waals surface area contributed by atoms with E-state index in [9.17, 15) is 8.42 Å². The number of benzene rings is 3. The lowest BCUT2D eigenvalue weighted by atomic mass is 10.1. The maximum Gasteiger partial charge on any atom is 0.188 e. The molecule has 3 rings (SSSR count). The lowest BCUT2D eigenvalue weighted by molar-refractivity contribution is 0.590. The van der Waals surface area contributed by atoms with Crippen molar-refractivity contribution in [2.24, 2.45) is 0 Å². The van der Waals surface area contributed by atoms with Crippen molar-refractivity contribution in [3.63, 3.8) is 0 Å². The highest BCUT2D eigenvalue weighted by Gasteiger charge is 2.26. The number of hydrogen-bond acceptors (Lipinski definition) is 2. The van der Waals surface area contributed by atoms with Crippen LogP contribution in [0.3, 0.4) is 0 Å². The van der Waals surface area contributed by atoms with E-state index in [-0.39, 0.29) is 0 Å². The first-order valence-corrected chi connectivity index (χ1v) is 9.71. The van der Waals surface area contributed by atoms with E-state index in [1.807, 2.05) is 85.8 Å². The Morgan fingerprint density at radius 1 is 0.760 bits per heavy atom. The Labute approximate surface area is 149 Å². The van der Waals surface area contributed by atoms with Crippen molar-refractivity contribution in [3.8, 4) is 0 Å². The molecule has 25 heavy (non-hydrogen) atoms. The predicted octanol–water partition coefficient (Wildman–Crippen LogP) is 5.22. The van der Waals surface area contributed by atoms with Gasteiger partial charge in [-0.1, -0.05) is 90.5 Å². The second kappa shape index (κ2) is 7.49. The highest BCUT2D eigenvalue weighted by molar-refractivity contribution is 7.91. The molecule has 0 unspecified atom stereocenters. The summed E-state index contributed by atoms with van der Waals surface area (Å²) in [6.07, 6.45) is 3.63. The van der Waals surface area contributed by atoms with Gasteiger partial charge in [0.2, 0.25) is 0 Å². The molecule has 0 amide bonds. The third-order valence-electron chi connectivity index (χ3n) is 4.07. The number of aryl methyl sites for hydroxylation is 1. The molecule has 0 fully saturated rings. The minimum Gasteiger partial charge on any atom is -0.223 e. The van der Waals surface area contributed by atoms with Gasteiger partial charge >= 0.3 is 0 Å². The van der Waals surface area contributed by atoms with Crippen LogP contribution in [-0.4, -0.2) is 8.42 Å². The summed E-state index contributed by atoms with van der Waals surface area (Å²) in [4.78, 5) is 0.338. The SMILES string of the molecule is Cc1ccc(S(=O)(=O)[C@H](/C=C/c2ccccc2)c2ccccc2)cc1. The van der Waals surface area contributed by atoms with E-state index in [4.69, 9.17) is 0 Å². The van der Waals surface area contributed by atoms with Crippen molar-refractivity contribution in [1.29, 1.82) is 0 Å². The summed E-state index contributed by atoms with van der Waals surface area (Å²) in [5.41, 5.74) is 2.77. The van der Waals surface area contributed by atoms with Crippen molar-refractivity contribution in [3.05, 3.63) is 108 Å². The fraction of sp³-hybridized carbons (Fsp3) is 0.0909. The molecule has 3 heteroatoms. The van der Waals surface area contributed by atoms with Gasteiger partial charge in [0, 0.05) is 0 Å². The normalized spacial score (nSPS) is 13.0. The highest BCUT2D eigenvalue weighted by atomic mass is 32.2. The molecule has 3 aromatic rings. The molecular formula is C22H20O2S. The van der Waals surface area contributed by atoms with Crippen LogP contribution in [0.5, 0.6) is 0 Å². The molecule has 0 aromatic heterocycles. The molecule has 1 atom stereocenters. The standard InChI is InChI=1S/C22H20O2S/c1-18-12-15-21(16-13-18)25(23,24)22(20-10-6-3-7-11-20)17-14-19-8-4-2-5-9-19/h2-17,22H,1H3/b17-14+/t22-/m1/s1. The topological polar surface area (TPSA) is 34.1 Å². The van der Waals surface area contributed by atoms with Gasteiger partial charge in [-0.2, -0.15) is 0 Å². The molecule has 3 aromatic carbocycles. The summed E-state index contributed by atoms with van der Waals surface area (Å²) < 4.78 is 26.4. The second-order valence-corrected chi connectivity index (χ2v) is 8.03. The lowest BCUT2D eigenvalue weighted by Gasteiger charge is -2.15. The van der Waals surface area contributed by atoms with E-state index in [2.05, 4.69) is 0 Å². The summed E-state index contributed by atoms with van der Waals surface area (Å²) in [5, 5.41) is -0.725. The highest BCUT2D eigenvalue weighted by Crippen LogP contribution is 2.31. The van der Waals surface area contributed by atoms with Gasteiger partial charge in [-0.25, -0.2) is 8.42 Å². The van der Waals surface area contributed by atoms with E-state index < -0.39 is 15.1 Å². The van der Waals surface area contributed by atoms with E-state index in [1.165, 1.54) is 0 Å². The van der Waals surface area contributed by atoms with Crippen LogP contribution in [0, 0.1) is 6.92 Å². The van der Waals surface area contributed by atoms with Gasteiger partial charge in [0.05, 0.1) is 4.90 Å². The maximum absolute atomic E-state index is 13.2. The molecule has 0 N–H and O–H groups in total. The molecule has 0 bridgehead atoms. The van der Waals surface area contributed by atoms with Gasteiger partial charge in [0.25, 0.3) is 0 Å². The van der Waals surface area contributed by atoms with Gasteiger partial charge in [-0.15, -0.1) is 0 Å². The summed E-state index contributed by atoms with van der Waals surface area (Å²) in [5.74, 6) is 0. The molecular weight excluding hydrogens is 328 g/mol. The first-order valence-electron chi connectivity index (χ1n) is 8.16. The van der Waals surface area contributed by atoms with Crippen LogP contribution in [0.15, 0.2) is 95.9 Å². The van der Waals surface area contributed by atoms with Crippen molar-refractivity contribution in [2.45, 2.75) is 17.1 Å². The first-order chi connectivity index (χ1) is 12.1. The van der Waals surface area contributed by atoms with Crippen LogP contribution in [-0.2, 0) is 9.84 Å². The zero-order valence-corrected chi connectivity index (χ0v) is 14.9. The molecule has 0 heterocycles. The van der Waals surface area contributed by atoms with Gasteiger partial charge in [0.15, 0.2) is 9.84 Å². The van der Waals surface area contributed by atoms with Crippen molar-refractivity contribution in [2.75, 3.05) is 0 Å². The smallest absolute Gasteiger partial charge is 0.188 e. The molecule has 126 valence electrons. The third kappa shape index (κ3) is 4.06. The fourth-order valence-electron chi connectivity index (χ4n) is 2.67. The van der Waals surface area contributed by atoms with Crippen LogP contribution in [0.25, 0.3) is 6.08 Å². The van der Waals surface area contributed by atoms with Crippen molar-refractivity contribution in [1.82, 2.24) is 0 Å². The van der Waals surface area contributed by atoms with Gasteiger partial charge in [0.1, 0.15) is 5.25 Å². The van der Waals surface area contributed by atoms with Crippen LogP contribution >= 0.6 is 0 Å². The van der Waals surface area contributed by atoms with Gasteiger partial charge in [-0.3, -0.25) is 0 Å². The quantitative estimate of drug-likeness (QED) is 0.633. The molecule has 0 saturated carbocycles. The Morgan fingerprint density at radius 2 is 1.32 bits per heavy atom. The summed E-state index contributed by atoms with van der Waals surface area (Å²) >= 11 is 0. The van der Waals surface area contributed by atoms with Crippen LogP contribution in [0.1, 0.15) is 21.9 Å². The van der Waals surface area contributed by atoms with E-state index in [0.717, 1.165) is 16.7 Å². The summed E-state index contributed by atoms with van der Waals surface area (Å²) in [6, 6.07) is 26.1. The Morgan fingerprint density at radius 3 is 1.92 bits per heavy atom. The van der Waals surface area contributed by atoms with Crippen LogP contribution in [0.4, 0.5) is 0 Å². The van der Waals surface area contributed by atoms with Crippen LogP contribution in [0.2, 0.25) is 0 Å². The molecule has 0 aliphatic rings. The molecule has 0 aliphatic heterocycles. The van der Waals surface area contributed by atoms with Crippen molar-refractivity contribution < 1.29 is 8.42 Å². The maximum atomic E-state index is 13.2. The zero-order chi connectivity index (χ0) is 17.7. The number of rotatable bonds is 5. The lowest BCUT2D eigenvalue weighted by Crippen LogP contribution is -2.12. The molecule has 0 spiro atoms. The molecule has 0 saturated heterocycles. The molecule has 0 aliphatic carbocycles. The average molecular weight is 348 g/mol. The molecule has 0 radical (unpaired) electrons. The Hall–Kier alpha value is -2.65. The average Bonchev–Trinajstić information content (AvgIpc) is 2.64. The monoisotopic (exact) mass is 348 g/mol. The fourth-order valence-corrected chi connectivity index (χ4v) is 4.28. The van der Waals surface area contributed by atoms with Gasteiger partial charge < -0.3 is 0 Å². The number of sulfone groups is 1. The van der Waals surface area contributed by atoms with E-state index in [0.29, 0.717) is 4.90 Å². The Kier molecular flexibility index (Phi) is 5.15. The third-order valence-corrected chi connectivity index (χ3v) is 6.10. The second-order valence-electron chi connectivity index (χ2n) is 5.96. The van der Waals surface area contributed by atoms with Crippen molar-refractivity contribution >= 4 is 15.9 Å². The predicted molar refractivity (Wildman–Crippen MR) is 103 cm³/mol.